The molecule has 3 aromatic rings. The van der Waals surface area contributed by atoms with Crippen molar-refractivity contribution in [1.29, 1.82) is 0 Å². The lowest BCUT2D eigenvalue weighted by Crippen LogP contribution is -2.37. The van der Waals surface area contributed by atoms with E-state index in [4.69, 9.17) is 5.11 Å². The van der Waals surface area contributed by atoms with Gasteiger partial charge in [-0.2, -0.15) is 0 Å². The van der Waals surface area contributed by atoms with Gasteiger partial charge in [0.2, 0.25) is 0 Å². The molecule has 2 aromatic heterocycles. The maximum Gasteiger partial charge on any atom is 0.410 e. The number of carbonyl (C=O) groups excluding carboxylic acids is 1. The van der Waals surface area contributed by atoms with Gasteiger partial charge in [-0.3, -0.25) is 10.3 Å². The van der Waals surface area contributed by atoms with E-state index in [-0.39, 0.29) is 17.5 Å². The number of amides is 3. The van der Waals surface area contributed by atoms with Crippen molar-refractivity contribution in [1.82, 2.24) is 15.3 Å². The minimum atomic E-state index is -1.20. The lowest BCUT2D eigenvalue weighted by Gasteiger charge is -2.18. The van der Waals surface area contributed by atoms with E-state index in [2.05, 4.69) is 25.9 Å². The summed E-state index contributed by atoms with van der Waals surface area (Å²) in [6.07, 6.45) is 6.75. The number of aryl methyl sites for hydroxylation is 2. The Kier molecular flexibility index (Phi) is 6.90. The molecule has 2 heterocycles. The fraction of sp³-hybridized carbons (Fsp3) is 0.360. The third-order valence-electron chi connectivity index (χ3n) is 6.17. The first kappa shape index (κ1) is 23.4. The number of anilines is 2. The molecule has 3 amide bonds. The molecule has 0 atom stereocenters. The number of nitrogens with one attached hydrogen (secondary N) is 3. The van der Waals surface area contributed by atoms with Crippen LogP contribution >= 0.6 is 0 Å². The monoisotopic (exact) mass is 465 g/mol. The Morgan fingerprint density at radius 2 is 1.74 bits per heavy atom. The summed E-state index contributed by atoms with van der Waals surface area (Å²) >= 11 is 0. The van der Waals surface area contributed by atoms with Crippen molar-refractivity contribution in [3.8, 4) is 11.1 Å². The normalized spacial score (nSPS) is 14.4. The van der Waals surface area contributed by atoms with Crippen LogP contribution in [0.3, 0.4) is 0 Å². The molecule has 0 saturated heterocycles. The average molecular weight is 466 g/mol. The van der Waals surface area contributed by atoms with Crippen molar-refractivity contribution in [2.24, 2.45) is 0 Å². The summed E-state index contributed by atoms with van der Waals surface area (Å²) < 4.78 is 14.7. The Hall–Kier alpha value is -3.75. The molecule has 4 rings (SSSR count). The summed E-state index contributed by atoms with van der Waals surface area (Å²) in [5.74, 6) is -0.321. The van der Waals surface area contributed by atoms with E-state index in [1.54, 1.807) is 19.1 Å². The van der Waals surface area contributed by atoms with E-state index < -0.39 is 17.9 Å². The van der Waals surface area contributed by atoms with Gasteiger partial charge in [-0.15, -0.1) is 0 Å². The number of pyridine rings is 2. The molecule has 4 N–H and O–H groups in total. The van der Waals surface area contributed by atoms with Gasteiger partial charge >= 0.3 is 12.1 Å². The van der Waals surface area contributed by atoms with Gasteiger partial charge in [-0.05, 0) is 56.0 Å². The topological polar surface area (TPSA) is 116 Å². The number of nitrogens with zero attached hydrogens (tertiary/aromatic N) is 2. The summed E-state index contributed by atoms with van der Waals surface area (Å²) in [7, 11) is 0. The highest BCUT2D eigenvalue weighted by Gasteiger charge is 2.18. The molecule has 1 aromatic carbocycles. The number of fused-ring (bicyclic) bond motifs is 1. The quantitative estimate of drug-likeness (QED) is 0.353. The molecule has 34 heavy (non-hydrogen) atoms. The van der Waals surface area contributed by atoms with Crippen LogP contribution < -0.4 is 16.0 Å². The van der Waals surface area contributed by atoms with E-state index in [0.29, 0.717) is 22.2 Å². The number of urea groups is 1. The zero-order valence-electron chi connectivity index (χ0n) is 19.2. The minimum Gasteiger partial charge on any atom is -0.465 e. The lowest BCUT2D eigenvalue weighted by molar-refractivity contribution is 0.209. The lowest BCUT2D eigenvalue weighted by atomic mass is 9.97. The van der Waals surface area contributed by atoms with Gasteiger partial charge < -0.3 is 15.7 Å². The molecule has 8 nitrogen and oxygen atoms in total. The number of carboxylic acid groups (broad SMARTS) is 1. The van der Waals surface area contributed by atoms with Crippen LogP contribution in [0.15, 0.2) is 30.5 Å². The highest BCUT2D eigenvalue weighted by atomic mass is 19.1. The molecule has 0 radical (unpaired) electrons. The molecule has 9 heteroatoms. The highest BCUT2D eigenvalue weighted by molar-refractivity contribution is 5.92. The van der Waals surface area contributed by atoms with Crippen LogP contribution in [0.25, 0.3) is 22.0 Å². The first-order valence-electron chi connectivity index (χ1n) is 11.5. The van der Waals surface area contributed by atoms with E-state index in [9.17, 15) is 14.0 Å². The number of halogens is 1. The minimum absolute atomic E-state index is 0.102. The Morgan fingerprint density at radius 3 is 2.44 bits per heavy atom. The van der Waals surface area contributed by atoms with Gasteiger partial charge in [-0.1, -0.05) is 25.7 Å². The van der Waals surface area contributed by atoms with Crippen molar-refractivity contribution in [3.05, 3.63) is 47.5 Å². The number of carbonyl (C=O) groups is 2. The molecule has 1 aliphatic carbocycles. The zero-order chi connectivity index (χ0) is 24.2. The summed E-state index contributed by atoms with van der Waals surface area (Å²) in [5, 5.41) is 17.5. The molecule has 1 fully saturated rings. The second-order valence-electron chi connectivity index (χ2n) is 8.75. The maximum atomic E-state index is 14.7. The molecule has 0 aliphatic heterocycles. The summed E-state index contributed by atoms with van der Waals surface area (Å²) in [6, 6.07) is 6.17. The predicted octanol–water partition coefficient (Wildman–Crippen LogP) is 5.99. The van der Waals surface area contributed by atoms with Crippen LogP contribution in [0.5, 0.6) is 0 Å². The van der Waals surface area contributed by atoms with Gasteiger partial charge in [-0.25, -0.2) is 19.0 Å². The van der Waals surface area contributed by atoms with E-state index >= 15 is 0 Å². The molecular weight excluding hydrogens is 437 g/mol. The first-order chi connectivity index (χ1) is 16.3. The van der Waals surface area contributed by atoms with Crippen LogP contribution in [-0.4, -0.2) is 33.2 Å². The fourth-order valence-electron chi connectivity index (χ4n) is 4.44. The molecule has 0 unspecified atom stereocenters. The number of hydrogen-bond acceptors (Lipinski definition) is 4. The molecule has 1 aliphatic rings. The van der Waals surface area contributed by atoms with Crippen LogP contribution in [-0.2, 0) is 0 Å². The SMILES string of the molecule is Cc1cc(F)c(NC(=O)NC2CCCCCC2)cc1-c1cc2cnc(NC(=O)O)cc2nc1C. The van der Waals surface area contributed by atoms with Gasteiger partial charge in [0.05, 0.1) is 11.2 Å². The Balaban J connectivity index is 1.61. The maximum absolute atomic E-state index is 14.7. The largest absolute Gasteiger partial charge is 0.465 e. The second kappa shape index (κ2) is 10.0. The number of rotatable bonds is 4. The van der Waals surface area contributed by atoms with Crippen molar-refractivity contribution < 1.29 is 19.1 Å². The molecular formula is C25H28FN5O3. The number of aromatic nitrogens is 2. The molecule has 1 saturated carbocycles. The Labute approximate surface area is 197 Å². The van der Waals surface area contributed by atoms with Gasteiger partial charge in [0, 0.05) is 34.9 Å². The Morgan fingerprint density at radius 1 is 1.00 bits per heavy atom. The smallest absolute Gasteiger partial charge is 0.410 e. The third-order valence-corrected chi connectivity index (χ3v) is 6.17. The summed E-state index contributed by atoms with van der Waals surface area (Å²) in [5.41, 5.74) is 3.59. The second-order valence-corrected chi connectivity index (χ2v) is 8.75. The number of hydrogen-bond donors (Lipinski definition) is 4. The first-order valence-corrected chi connectivity index (χ1v) is 11.5. The average Bonchev–Trinajstić information content (AvgIpc) is 3.03. The van der Waals surface area contributed by atoms with Gasteiger partial charge in [0.1, 0.15) is 11.6 Å². The zero-order valence-corrected chi connectivity index (χ0v) is 19.2. The van der Waals surface area contributed by atoms with Crippen LogP contribution in [0.4, 0.5) is 25.5 Å². The van der Waals surface area contributed by atoms with E-state index in [0.717, 1.165) is 36.8 Å². The standard InChI is InChI=1S/C25H28FN5O3/c1-14-9-20(26)22(30-24(32)29-17-7-5-3-4-6-8-17)11-18(14)19-10-16-13-27-23(31-25(33)34)12-21(16)28-15(19)2/h9-13,17H,3-8H2,1-2H3,(H,27,31)(H,33,34)(H2,29,30,32). The van der Waals surface area contributed by atoms with Crippen molar-refractivity contribution >= 4 is 34.5 Å². The summed E-state index contributed by atoms with van der Waals surface area (Å²) in [6.45, 7) is 3.63. The van der Waals surface area contributed by atoms with Crippen LogP contribution in [0, 0.1) is 19.7 Å². The molecule has 0 bridgehead atoms. The summed E-state index contributed by atoms with van der Waals surface area (Å²) in [4.78, 5) is 32.1. The Bertz CT molecular complexity index is 1240. The van der Waals surface area contributed by atoms with Crippen molar-refractivity contribution in [2.45, 2.75) is 58.4 Å². The molecule has 0 spiro atoms. The van der Waals surface area contributed by atoms with Crippen molar-refractivity contribution in [3.63, 3.8) is 0 Å². The van der Waals surface area contributed by atoms with E-state index in [1.807, 2.05) is 13.0 Å². The van der Waals surface area contributed by atoms with Crippen LogP contribution in [0.2, 0.25) is 0 Å². The molecule has 178 valence electrons. The van der Waals surface area contributed by atoms with Gasteiger partial charge in [0.25, 0.3) is 0 Å². The third kappa shape index (κ3) is 5.41. The van der Waals surface area contributed by atoms with Crippen molar-refractivity contribution in [2.75, 3.05) is 10.6 Å². The fourth-order valence-corrected chi connectivity index (χ4v) is 4.44. The highest BCUT2D eigenvalue weighted by Crippen LogP contribution is 2.32. The van der Waals surface area contributed by atoms with Crippen LogP contribution in [0.1, 0.15) is 49.8 Å². The van der Waals surface area contributed by atoms with E-state index in [1.165, 1.54) is 25.1 Å². The number of benzene rings is 1. The predicted molar refractivity (Wildman–Crippen MR) is 130 cm³/mol. The van der Waals surface area contributed by atoms with Gasteiger partial charge in [0.15, 0.2) is 0 Å².